The predicted molar refractivity (Wildman–Crippen MR) is 119 cm³/mol. The summed E-state index contributed by atoms with van der Waals surface area (Å²) in [4.78, 5) is 25.7. The molecule has 5 heterocycles. The van der Waals surface area contributed by atoms with E-state index < -0.39 is 36.1 Å². The van der Waals surface area contributed by atoms with E-state index >= 15 is 0 Å². The van der Waals surface area contributed by atoms with Crippen LogP contribution in [0.5, 0.6) is 0 Å². The van der Waals surface area contributed by atoms with Gasteiger partial charge in [0.2, 0.25) is 0 Å². The number of anilines is 1. The van der Waals surface area contributed by atoms with Crippen LogP contribution in [-0.4, -0.2) is 55.5 Å². The molecule has 0 unspecified atom stereocenters. The highest BCUT2D eigenvalue weighted by Crippen LogP contribution is 2.48. The van der Waals surface area contributed by atoms with Crippen LogP contribution < -0.4 is 4.90 Å². The van der Waals surface area contributed by atoms with Crippen LogP contribution in [0.2, 0.25) is 0 Å². The summed E-state index contributed by atoms with van der Waals surface area (Å²) in [5.74, 6) is -0.884. The molecule has 3 saturated heterocycles. The maximum atomic E-state index is 13.8. The number of nitrogens with zero attached hydrogens (tertiary/aromatic N) is 6. The van der Waals surface area contributed by atoms with Crippen molar-refractivity contribution in [2.24, 2.45) is 0 Å². The van der Waals surface area contributed by atoms with Gasteiger partial charge in [-0.1, -0.05) is 0 Å². The van der Waals surface area contributed by atoms with Gasteiger partial charge in [-0.3, -0.25) is 4.79 Å². The van der Waals surface area contributed by atoms with E-state index in [2.05, 4.69) is 15.1 Å². The highest BCUT2D eigenvalue weighted by atomic mass is 19.3. The van der Waals surface area contributed by atoms with Gasteiger partial charge < -0.3 is 14.5 Å². The van der Waals surface area contributed by atoms with Gasteiger partial charge in [-0.15, -0.1) is 0 Å². The van der Waals surface area contributed by atoms with Gasteiger partial charge in [0.1, 0.15) is 30.0 Å². The Morgan fingerprint density at radius 1 is 1.03 bits per heavy atom. The molecule has 0 N–H and O–H groups in total. The van der Waals surface area contributed by atoms with E-state index in [4.69, 9.17) is 4.74 Å². The lowest BCUT2D eigenvalue weighted by molar-refractivity contribution is -0.140. The number of hydrogen-bond donors (Lipinski definition) is 0. The highest BCUT2D eigenvalue weighted by Gasteiger charge is 2.58. The molecule has 1 aromatic carbocycles. The van der Waals surface area contributed by atoms with E-state index in [1.54, 1.807) is 11.0 Å². The summed E-state index contributed by atoms with van der Waals surface area (Å²) in [6.45, 7) is -1.77. The number of benzene rings is 1. The molecule has 0 radical (unpaired) electrons. The Hall–Kier alpha value is -3.54. The fourth-order valence-corrected chi connectivity index (χ4v) is 5.49. The van der Waals surface area contributed by atoms with Gasteiger partial charge in [0.15, 0.2) is 5.60 Å². The summed E-state index contributed by atoms with van der Waals surface area (Å²) in [5, 5.41) is 3.65. The number of amides is 1. The standard InChI is InChI=1S/C24H22F4N6O2/c25-16-7-14(8-17(26)9-16)19-1-2-21-34(19)22(35)24(36-21)3-5-32(6-4-24)20-10-18(29-13-30-20)15-11-31-33(12-15)23(27)28/h7-13,19,21,23H,1-6H2/t19-,21+/m0/s1. The lowest BCUT2D eigenvalue weighted by atomic mass is 9.89. The molecule has 0 aliphatic carbocycles. The van der Waals surface area contributed by atoms with E-state index in [1.165, 1.54) is 30.9 Å². The second-order valence-electron chi connectivity index (χ2n) is 9.31. The van der Waals surface area contributed by atoms with Gasteiger partial charge in [-0.05, 0) is 30.5 Å². The zero-order chi connectivity index (χ0) is 25.0. The summed E-state index contributed by atoms with van der Waals surface area (Å²) in [6.07, 6.45) is 5.51. The first-order chi connectivity index (χ1) is 17.3. The van der Waals surface area contributed by atoms with Crippen molar-refractivity contribution in [2.45, 2.75) is 50.1 Å². The van der Waals surface area contributed by atoms with Crippen LogP contribution in [0.15, 0.2) is 43.0 Å². The molecular formula is C24H22F4N6O2. The van der Waals surface area contributed by atoms with Gasteiger partial charge in [0.05, 0.1) is 17.9 Å². The number of carbonyl (C=O) groups excluding carboxylic acids is 1. The SMILES string of the molecule is O=C1N2[C@@H](CC[C@H]2c2cc(F)cc(F)c2)OC12CCN(c1cc(-c3cnn(C(F)F)c3)ncn1)CC2. The van der Waals surface area contributed by atoms with E-state index in [9.17, 15) is 22.4 Å². The smallest absolute Gasteiger partial charge is 0.333 e. The number of rotatable bonds is 4. The minimum Gasteiger partial charge on any atom is -0.356 e. The molecule has 3 fully saturated rings. The fraction of sp³-hybridized carbons (Fsp3) is 0.417. The number of carbonyl (C=O) groups is 1. The van der Waals surface area contributed by atoms with Crippen LogP contribution in [0.3, 0.4) is 0 Å². The molecule has 36 heavy (non-hydrogen) atoms. The van der Waals surface area contributed by atoms with Crippen molar-refractivity contribution in [2.75, 3.05) is 18.0 Å². The average Bonchev–Trinajstić information content (AvgIpc) is 3.56. The number of piperidine rings is 1. The molecule has 0 bridgehead atoms. The van der Waals surface area contributed by atoms with Gasteiger partial charge in [0, 0.05) is 49.8 Å². The zero-order valence-electron chi connectivity index (χ0n) is 19.0. The maximum Gasteiger partial charge on any atom is 0.333 e. The van der Waals surface area contributed by atoms with Crippen molar-refractivity contribution in [3.63, 3.8) is 0 Å². The van der Waals surface area contributed by atoms with Crippen molar-refractivity contribution < 1.29 is 27.1 Å². The molecule has 8 nitrogen and oxygen atoms in total. The summed E-state index contributed by atoms with van der Waals surface area (Å²) in [6, 6.07) is 4.64. The van der Waals surface area contributed by atoms with Gasteiger partial charge in [-0.2, -0.15) is 13.9 Å². The molecule has 1 spiro atoms. The molecule has 12 heteroatoms. The number of fused-ring (bicyclic) bond motifs is 1. The lowest BCUT2D eigenvalue weighted by Crippen LogP contribution is -2.50. The monoisotopic (exact) mass is 502 g/mol. The minimum absolute atomic E-state index is 0.151. The second-order valence-corrected chi connectivity index (χ2v) is 9.31. The third kappa shape index (κ3) is 3.80. The molecule has 0 saturated carbocycles. The maximum absolute atomic E-state index is 13.8. The molecule has 1 amide bonds. The Morgan fingerprint density at radius 2 is 1.78 bits per heavy atom. The fourth-order valence-electron chi connectivity index (χ4n) is 5.49. The van der Waals surface area contributed by atoms with E-state index in [-0.39, 0.29) is 5.91 Å². The summed E-state index contributed by atoms with van der Waals surface area (Å²) < 4.78 is 60.2. The van der Waals surface area contributed by atoms with Gasteiger partial charge in [0.25, 0.3) is 5.91 Å². The third-order valence-electron chi connectivity index (χ3n) is 7.23. The normalized spacial score (nSPS) is 23.2. The third-order valence-corrected chi connectivity index (χ3v) is 7.23. The molecule has 2 atom stereocenters. The highest BCUT2D eigenvalue weighted by molar-refractivity contribution is 5.88. The van der Waals surface area contributed by atoms with Gasteiger partial charge >= 0.3 is 6.55 Å². The molecule has 3 aliphatic rings. The van der Waals surface area contributed by atoms with Crippen LogP contribution in [0, 0.1) is 11.6 Å². The van der Waals surface area contributed by atoms with Crippen LogP contribution in [0.4, 0.5) is 23.4 Å². The van der Waals surface area contributed by atoms with Crippen LogP contribution >= 0.6 is 0 Å². The summed E-state index contributed by atoms with van der Waals surface area (Å²) in [5.41, 5.74) is 0.360. The number of ether oxygens (including phenoxy) is 1. The first-order valence-corrected chi connectivity index (χ1v) is 11.7. The first-order valence-electron chi connectivity index (χ1n) is 11.7. The molecule has 3 aliphatic heterocycles. The first kappa shape index (κ1) is 22.9. The molecule has 3 aromatic rings. The minimum atomic E-state index is -2.74. The zero-order valence-corrected chi connectivity index (χ0v) is 19.0. The van der Waals surface area contributed by atoms with E-state index in [1.807, 2.05) is 4.90 Å². The quantitative estimate of drug-likeness (QED) is 0.501. The molecule has 6 rings (SSSR count). The number of hydrogen-bond acceptors (Lipinski definition) is 6. The lowest BCUT2D eigenvalue weighted by Gasteiger charge is -2.38. The Balaban J connectivity index is 1.17. The molecule has 188 valence electrons. The van der Waals surface area contributed by atoms with Crippen molar-refractivity contribution in [3.8, 4) is 11.3 Å². The van der Waals surface area contributed by atoms with Crippen molar-refractivity contribution >= 4 is 11.7 Å². The predicted octanol–water partition coefficient (Wildman–Crippen LogP) is 4.07. The number of aromatic nitrogens is 4. The van der Waals surface area contributed by atoms with Crippen LogP contribution in [0.25, 0.3) is 11.3 Å². The average molecular weight is 502 g/mol. The Kier molecular flexibility index (Phi) is 5.43. The second kappa shape index (κ2) is 8.54. The van der Waals surface area contributed by atoms with Crippen molar-refractivity contribution in [1.29, 1.82) is 0 Å². The van der Waals surface area contributed by atoms with Crippen molar-refractivity contribution in [1.82, 2.24) is 24.6 Å². The number of halogens is 4. The van der Waals surface area contributed by atoms with Gasteiger partial charge in [-0.25, -0.2) is 23.4 Å². The Labute approximate surface area is 203 Å². The molecule has 2 aromatic heterocycles. The summed E-state index contributed by atoms with van der Waals surface area (Å²) >= 11 is 0. The largest absolute Gasteiger partial charge is 0.356 e. The Bertz CT molecular complexity index is 1290. The van der Waals surface area contributed by atoms with Crippen LogP contribution in [0.1, 0.15) is 43.8 Å². The molecular weight excluding hydrogens is 480 g/mol. The topological polar surface area (TPSA) is 76.4 Å². The van der Waals surface area contributed by atoms with Crippen molar-refractivity contribution in [3.05, 3.63) is 60.2 Å². The van der Waals surface area contributed by atoms with Crippen LogP contribution in [-0.2, 0) is 9.53 Å². The van der Waals surface area contributed by atoms with E-state index in [0.717, 1.165) is 6.07 Å². The summed E-state index contributed by atoms with van der Waals surface area (Å²) in [7, 11) is 0. The Morgan fingerprint density at radius 3 is 2.47 bits per heavy atom. The number of alkyl halides is 2. The van der Waals surface area contributed by atoms with E-state index in [0.29, 0.717) is 66.1 Å².